The number of amides is 1. The number of esters is 1. The first-order valence-electron chi connectivity index (χ1n) is 9.07. The SMILES string of the molecule is COC(=O)CCN(CCc1ccccc1)C(=O)CC1CCCCC1. The van der Waals surface area contributed by atoms with Crippen molar-refractivity contribution in [3.05, 3.63) is 35.9 Å². The zero-order valence-electron chi connectivity index (χ0n) is 14.7. The maximum atomic E-state index is 12.7. The fraction of sp³-hybridized carbons (Fsp3) is 0.600. The summed E-state index contributed by atoms with van der Waals surface area (Å²) >= 11 is 0. The second-order valence-corrected chi connectivity index (χ2v) is 6.65. The summed E-state index contributed by atoms with van der Waals surface area (Å²) in [6.45, 7) is 1.11. The van der Waals surface area contributed by atoms with Crippen LogP contribution in [0.3, 0.4) is 0 Å². The molecule has 1 amide bonds. The minimum atomic E-state index is -0.259. The van der Waals surface area contributed by atoms with Crippen molar-refractivity contribution in [3.8, 4) is 0 Å². The quantitative estimate of drug-likeness (QED) is 0.684. The highest BCUT2D eigenvalue weighted by molar-refractivity contribution is 5.77. The van der Waals surface area contributed by atoms with E-state index in [1.54, 1.807) is 0 Å². The van der Waals surface area contributed by atoms with Gasteiger partial charge < -0.3 is 9.64 Å². The minimum Gasteiger partial charge on any atom is -0.469 e. The lowest BCUT2D eigenvalue weighted by Crippen LogP contribution is -2.36. The van der Waals surface area contributed by atoms with Gasteiger partial charge >= 0.3 is 5.97 Å². The molecule has 0 saturated heterocycles. The van der Waals surface area contributed by atoms with Crippen LogP contribution in [0.4, 0.5) is 0 Å². The van der Waals surface area contributed by atoms with Gasteiger partial charge in [0.25, 0.3) is 0 Å². The molecule has 1 fully saturated rings. The van der Waals surface area contributed by atoms with E-state index in [0.717, 1.165) is 19.3 Å². The largest absolute Gasteiger partial charge is 0.469 e. The fourth-order valence-corrected chi connectivity index (χ4v) is 3.37. The van der Waals surface area contributed by atoms with Gasteiger partial charge in [-0.3, -0.25) is 9.59 Å². The molecule has 0 heterocycles. The fourth-order valence-electron chi connectivity index (χ4n) is 3.37. The topological polar surface area (TPSA) is 46.6 Å². The van der Waals surface area contributed by atoms with Gasteiger partial charge in [-0.15, -0.1) is 0 Å². The van der Waals surface area contributed by atoms with Gasteiger partial charge in [0, 0.05) is 19.5 Å². The van der Waals surface area contributed by atoms with Crippen LogP contribution in [0, 0.1) is 5.92 Å². The van der Waals surface area contributed by atoms with E-state index in [-0.39, 0.29) is 18.3 Å². The molecule has 1 aliphatic carbocycles. The molecule has 0 radical (unpaired) electrons. The van der Waals surface area contributed by atoms with Crippen LogP contribution in [0.2, 0.25) is 0 Å². The van der Waals surface area contributed by atoms with Gasteiger partial charge in [-0.25, -0.2) is 0 Å². The first-order chi connectivity index (χ1) is 11.7. The van der Waals surface area contributed by atoms with Crippen molar-refractivity contribution in [3.63, 3.8) is 0 Å². The van der Waals surface area contributed by atoms with Crippen LogP contribution in [-0.4, -0.2) is 37.0 Å². The highest BCUT2D eigenvalue weighted by Gasteiger charge is 2.21. The van der Waals surface area contributed by atoms with E-state index in [9.17, 15) is 9.59 Å². The van der Waals surface area contributed by atoms with Crippen molar-refractivity contribution in [2.75, 3.05) is 20.2 Å². The lowest BCUT2D eigenvalue weighted by Gasteiger charge is -2.27. The van der Waals surface area contributed by atoms with Gasteiger partial charge in [0.2, 0.25) is 5.91 Å². The number of benzene rings is 1. The maximum absolute atomic E-state index is 12.7. The van der Waals surface area contributed by atoms with Crippen molar-refractivity contribution >= 4 is 11.9 Å². The number of methoxy groups -OCH3 is 1. The number of carbonyl (C=O) groups is 2. The van der Waals surface area contributed by atoms with Crippen LogP contribution in [0.25, 0.3) is 0 Å². The predicted octanol–water partition coefficient (Wildman–Crippen LogP) is 3.59. The molecule has 132 valence electrons. The van der Waals surface area contributed by atoms with E-state index in [4.69, 9.17) is 4.74 Å². The number of rotatable bonds is 8. The van der Waals surface area contributed by atoms with Crippen LogP contribution in [0.15, 0.2) is 30.3 Å². The van der Waals surface area contributed by atoms with Crippen LogP contribution in [-0.2, 0) is 20.7 Å². The number of hydrogen-bond donors (Lipinski definition) is 0. The van der Waals surface area contributed by atoms with Crippen molar-refractivity contribution in [2.45, 2.75) is 51.4 Å². The molecule has 0 aromatic heterocycles. The molecule has 1 aromatic carbocycles. The Kier molecular flexibility index (Phi) is 7.80. The van der Waals surface area contributed by atoms with Crippen molar-refractivity contribution in [1.82, 2.24) is 4.90 Å². The number of hydrogen-bond acceptors (Lipinski definition) is 3. The third-order valence-corrected chi connectivity index (χ3v) is 4.87. The van der Waals surface area contributed by atoms with E-state index in [0.29, 0.717) is 25.4 Å². The lowest BCUT2D eigenvalue weighted by molar-refractivity contribution is -0.141. The molecule has 0 bridgehead atoms. The Morgan fingerprint density at radius 1 is 1.08 bits per heavy atom. The molecule has 0 spiro atoms. The van der Waals surface area contributed by atoms with Gasteiger partial charge in [0.15, 0.2) is 0 Å². The average molecular weight is 331 g/mol. The van der Waals surface area contributed by atoms with E-state index in [1.807, 2.05) is 23.1 Å². The molecule has 0 atom stereocenters. The highest BCUT2D eigenvalue weighted by atomic mass is 16.5. The van der Waals surface area contributed by atoms with Gasteiger partial charge in [-0.05, 0) is 30.7 Å². The van der Waals surface area contributed by atoms with Gasteiger partial charge in [0.05, 0.1) is 13.5 Å². The zero-order chi connectivity index (χ0) is 17.2. The average Bonchev–Trinajstić information content (AvgIpc) is 2.63. The van der Waals surface area contributed by atoms with Gasteiger partial charge in [-0.1, -0.05) is 49.6 Å². The van der Waals surface area contributed by atoms with Crippen LogP contribution in [0.5, 0.6) is 0 Å². The summed E-state index contributed by atoms with van der Waals surface area (Å²) in [5.41, 5.74) is 1.21. The molecule has 24 heavy (non-hydrogen) atoms. The molecule has 1 aromatic rings. The Hall–Kier alpha value is -1.84. The highest BCUT2D eigenvalue weighted by Crippen LogP contribution is 2.26. The number of ether oxygens (including phenoxy) is 1. The van der Waals surface area contributed by atoms with Crippen LogP contribution >= 0.6 is 0 Å². The summed E-state index contributed by atoms with van der Waals surface area (Å²) in [5.74, 6) is 0.440. The molecule has 1 saturated carbocycles. The van der Waals surface area contributed by atoms with E-state index >= 15 is 0 Å². The summed E-state index contributed by atoms with van der Waals surface area (Å²) in [6.07, 6.45) is 7.81. The minimum absolute atomic E-state index is 0.182. The summed E-state index contributed by atoms with van der Waals surface area (Å²) in [5, 5.41) is 0. The molecule has 0 aliphatic heterocycles. The molecule has 4 heteroatoms. The van der Waals surface area contributed by atoms with E-state index in [1.165, 1.54) is 31.9 Å². The summed E-state index contributed by atoms with van der Waals surface area (Å²) in [7, 11) is 1.39. The molecular weight excluding hydrogens is 302 g/mol. The first-order valence-corrected chi connectivity index (χ1v) is 9.07. The Morgan fingerprint density at radius 3 is 2.46 bits per heavy atom. The third kappa shape index (κ3) is 6.34. The van der Waals surface area contributed by atoms with Crippen molar-refractivity contribution in [2.24, 2.45) is 5.92 Å². The smallest absolute Gasteiger partial charge is 0.307 e. The normalized spacial score (nSPS) is 15.0. The van der Waals surface area contributed by atoms with Crippen LogP contribution in [0.1, 0.15) is 50.5 Å². The lowest BCUT2D eigenvalue weighted by atomic mass is 9.86. The van der Waals surface area contributed by atoms with Gasteiger partial charge in [0.1, 0.15) is 0 Å². The molecule has 0 N–H and O–H groups in total. The molecule has 0 unspecified atom stereocenters. The molecule has 1 aliphatic rings. The second kappa shape index (κ2) is 10.1. The van der Waals surface area contributed by atoms with E-state index in [2.05, 4.69) is 12.1 Å². The zero-order valence-corrected chi connectivity index (χ0v) is 14.7. The Morgan fingerprint density at radius 2 is 1.79 bits per heavy atom. The Balaban J connectivity index is 1.89. The van der Waals surface area contributed by atoms with Gasteiger partial charge in [-0.2, -0.15) is 0 Å². The van der Waals surface area contributed by atoms with Crippen LogP contribution < -0.4 is 0 Å². The standard InChI is InChI=1S/C20H29NO3/c1-24-20(23)13-15-21(14-12-17-8-4-2-5-9-17)19(22)16-18-10-6-3-7-11-18/h2,4-5,8-9,18H,3,6-7,10-16H2,1H3. The second-order valence-electron chi connectivity index (χ2n) is 6.65. The maximum Gasteiger partial charge on any atom is 0.307 e. The number of nitrogens with zero attached hydrogens (tertiary/aromatic N) is 1. The summed E-state index contributed by atoms with van der Waals surface area (Å²) in [6, 6.07) is 10.2. The Labute approximate surface area is 145 Å². The van der Waals surface area contributed by atoms with Crippen molar-refractivity contribution in [1.29, 1.82) is 0 Å². The molecule has 4 nitrogen and oxygen atoms in total. The number of carbonyl (C=O) groups excluding carboxylic acids is 2. The predicted molar refractivity (Wildman–Crippen MR) is 94.6 cm³/mol. The van der Waals surface area contributed by atoms with E-state index < -0.39 is 0 Å². The monoisotopic (exact) mass is 331 g/mol. The molecular formula is C20H29NO3. The summed E-state index contributed by atoms with van der Waals surface area (Å²) < 4.78 is 4.72. The van der Waals surface area contributed by atoms with Crippen molar-refractivity contribution < 1.29 is 14.3 Å². The Bertz CT molecular complexity index is 509. The summed E-state index contributed by atoms with van der Waals surface area (Å²) in [4.78, 5) is 26.0. The third-order valence-electron chi connectivity index (χ3n) is 4.87. The molecule has 2 rings (SSSR count). The first kappa shape index (κ1) is 18.5.